The third-order valence-corrected chi connectivity index (χ3v) is 7.29. The summed E-state index contributed by atoms with van der Waals surface area (Å²) in [5.74, 6) is -0.978. The van der Waals surface area contributed by atoms with Crippen LogP contribution in [-0.2, 0) is 26.9 Å². The molecule has 0 saturated heterocycles. The van der Waals surface area contributed by atoms with Crippen LogP contribution in [0, 0.1) is 0 Å². The molecule has 0 spiro atoms. The number of anilines is 1. The molecule has 1 unspecified atom stereocenters. The van der Waals surface area contributed by atoms with E-state index in [2.05, 4.69) is 10.6 Å². The van der Waals surface area contributed by atoms with E-state index in [4.69, 9.17) is 27.9 Å². The monoisotopic (exact) mass is 553 g/mol. The number of hydrogen-bond acceptors (Lipinski definition) is 5. The van der Waals surface area contributed by atoms with Crippen molar-refractivity contribution in [3.8, 4) is 0 Å². The zero-order valence-corrected chi connectivity index (χ0v) is 23.0. The van der Waals surface area contributed by atoms with Gasteiger partial charge in [0.15, 0.2) is 0 Å². The Bertz CT molecular complexity index is 1210. The molecule has 36 heavy (non-hydrogen) atoms. The molecule has 1 heterocycles. The molecule has 2 N–H and O–H groups in total. The molecular weight excluding hydrogens is 525 g/mol. The molecule has 3 rings (SSSR count). The first kappa shape index (κ1) is 28.0. The van der Waals surface area contributed by atoms with E-state index in [-0.39, 0.29) is 24.2 Å². The van der Waals surface area contributed by atoms with Crippen molar-refractivity contribution in [1.82, 2.24) is 10.6 Å². The van der Waals surface area contributed by atoms with E-state index in [0.29, 0.717) is 31.8 Å². The lowest BCUT2D eigenvalue weighted by Crippen LogP contribution is -2.51. The Balaban J connectivity index is 2.05. The molecule has 3 amide bonds. The average molecular weight is 554 g/mol. The van der Waals surface area contributed by atoms with Gasteiger partial charge in [-0.1, -0.05) is 29.3 Å². The number of nitrogens with one attached hydrogen (secondary N) is 2. The van der Waals surface area contributed by atoms with Crippen LogP contribution in [-0.4, -0.2) is 45.6 Å². The van der Waals surface area contributed by atoms with Crippen LogP contribution < -0.4 is 15.5 Å². The van der Waals surface area contributed by atoms with E-state index in [1.54, 1.807) is 51.1 Å². The van der Waals surface area contributed by atoms with Crippen LogP contribution in [0.4, 0.5) is 10.5 Å². The van der Waals surface area contributed by atoms with E-state index in [1.165, 1.54) is 11.0 Å². The van der Waals surface area contributed by atoms with Crippen molar-refractivity contribution in [2.24, 2.45) is 0 Å². The van der Waals surface area contributed by atoms with Crippen LogP contribution >= 0.6 is 23.2 Å². The predicted octanol–water partition coefficient (Wildman–Crippen LogP) is 4.68. The number of carbonyl (C=O) groups is 3. The van der Waals surface area contributed by atoms with Gasteiger partial charge >= 0.3 is 6.09 Å². The lowest BCUT2D eigenvalue weighted by molar-refractivity contribution is -0.120. The molecule has 11 heteroatoms. The second-order valence-corrected chi connectivity index (χ2v) is 12.0. The highest BCUT2D eigenvalue weighted by atomic mass is 35.5. The van der Waals surface area contributed by atoms with Crippen LogP contribution in [0.25, 0.3) is 0 Å². The smallest absolute Gasteiger partial charge is 0.408 e. The number of alkyl carbamates (subject to hydrolysis) is 1. The Morgan fingerprint density at radius 3 is 2.44 bits per heavy atom. The summed E-state index contributed by atoms with van der Waals surface area (Å²) < 4.78 is 18.6. The molecule has 194 valence electrons. The first-order valence-electron chi connectivity index (χ1n) is 11.3. The van der Waals surface area contributed by atoms with Crippen LogP contribution in [0.3, 0.4) is 0 Å². The van der Waals surface area contributed by atoms with Crippen LogP contribution in [0.1, 0.15) is 50.5 Å². The van der Waals surface area contributed by atoms with Crippen molar-refractivity contribution in [3.63, 3.8) is 0 Å². The van der Waals surface area contributed by atoms with Gasteiger partial charge in [-0.15, -0.1) is 0 Å². The molecule has 0 radical (unpaired) electrons. The maximum Gasteiger partial charge on any atom is 0.408 e. The maximum absolute atomic E-state index is 13.7. The van der Waals surface area contributed by atoms with E-state index in [0.717, 1.165) is 0 Å². The van der Waals surface area contributed by atoms with E-state index >= 15 is 0 Å². The highest BCUT2D eigenvalue weighted by Crippen LogP contribution is 2.32. The summed E-state index contributed by atoms with van der Waals surface area (Å²) in [7, 11) is -1.65. The predicted molar refractivity (Wildman–Crippen MR) is 141 cm³/mol. The first-order valence-corrected chi connectivity index (χ1v) is 13.4. The van der Waals surface area contributed by atoms with Gasteiger partial charge in [0.2, 0.25) is 0 Å². The second kappa shape index (κ2) is 11.2. The van der Waals surface area contributed by atoms with Crippen LogP contribution in [0.2, 0.25) is 10.0 Å². The summed E-state index contributed by atoms with van der Waals surface area (Å²) in [5.41, 5.74) is 0.502. The van der Waals surface area contributed by atoms with Gasteiger partial charge in [0.1, 0.15) is 11.6 Å². The minimum Gasteiger partial charge on any atom is -0.444 e. The summed E-state index contributed by atoms with van der Waals surface area (Å²) in [6, 6.07) is 8.42. The van der Waals surface area contributed by atoms with Gasteiger partial charge in [-0.2, -0.15) is 0 Å². The minimum absolute atomic E-state index is 0.0433. The van der Waals surface area contributed by atoms with Gasteiger partial charge in [-0.3, -0.25) is 13.8 Å². The molecule has 0 bridgehead atoms. The van der Waals surface area contributed by atoms with Crippen molar-refractivity contribution < 1.29 is 23.3 Å². The second-order valence-electron chi connectivity index (χ2n) is 9.69. The number of carbonyl (C=O) groups excluding carboxylic acids is 3. The highest BCUT2D eigenvalue weighted by Gasteiger charge is 2.36. The largest absolute Gasteiger partial charge is 0.444 e. The lowest BCUT2D eigenvalue weighted by atomic mass is 10.1. The quantitative estimate of drug-likeness (QED) is 0.559. The number of amides is 3. The Morgan fingerprint density at radius 2 is 1.83 bits per heavy atom. The molecule has 1 aliphatic rings. The molecule has 0 aromatic heterocycles. The topological polar surface area (TPSA) is 105 Å². The number of hydrogen-bond donors (Lipinski definition) is 2. The van der Waals surface area contributed by atoms with E-state index < -0.39 is 34.4 Å². The van der Waals surface area contributed by atoms with Gasteiger partial charge in [0.05, 0.1) is 43.7 Å². The standard InChI is InChI=1S/C25H29Cl2N3O5S/c1-14(2)28-22(31)16-7-9-21-20(11-16)30(12-15-6-8-17(26)18(27)10-15)23(32)19(13-36(21)34)29-24(33)35-25(3,4)5/h6-11,14,19H,12-13H2,1-5H3,(H,28,31)(H,29,33)/t19-,36?/m0/s1. The summed E-state index contributed by atoms with van der Waals surface area (Å²) in [6.07, 6.45) is -0.796. The first-order chi connectivity index (χ1) is 16.7. The fourth-order valence-corrected chi connectivity index (χ4v) is 5.21. The highest BCUT2D eigenvalue weighted by molar-refractivity contribution is 7.85. The fourth-order valence-electron chi connectivity index (χ4n) is 3.56. The summed E-state index contributed by atoms with van der Waals surface area (Å²) in [5, 5.41) is 6.05. The average Bonchev–Trinajstić information content (AvgIpc) is 2.84. The zero-order valence-electron chi connectivity index (χ0n) is 20.7. The Morgan fingerprint density at radius 1 is 1.14 bits per heavy atom. The molecule has 1 aliphatic heterocycles. The minimum atomic E-state index is -1.65. The van der Waals surface area contributed by atoms with Crippen LogP contribution in [0.5, 0.6) is 0 Å². The van der Waals surface area contributed by atoms with E-state index in [1.807, 2.05) is 13.8 Å². The van der Waals surface area contributed by atoms with Crippen molar-refractivity contribution in [3.05, 3.63) is 57.6 Å². The van der Waals surface area contributed by atoms with Gasteiger partial charge < -0.3 is 20.3 Å². The summed E-state index contributed by atoms with van der Waals surface area (Å²) in [4.78, 5) is 40.7. The third kappa shape index (κ3) is 6.99. The van der Waals surface area contributed by atoms with Crippen LogP contribution in [0.15, 0.2) is 41.3 Å². The number of halogens is 2. The molecule has 2 aromatic rings. The third-order valence-electron chi connectivity index (χ3n) is 5.07. The maximum atomic E-state index is 13.7. The zero-order chi connectivity index (χ0) is 26.8. The van der Waals surface area contributed by atoms with Crippen molar-refractivity contribution in [2.75, 3.05) is 10.7 Å². The van der Waals surface area contributed by atoms with Gasteiger partial charge in [-0.05, 0) is 70.5 Å². The molecule has 0 aliphatic carbocycles. The van der Waals surface area contributed by atoms with Gasteiger partial charge in [0, 0.05) is 11.6 Å². The molecule has 0 fully saturated rings. The van der Waals surface area contributed by atoms with Crippen molar-refractivity contribution in [1.29, 1.82) is 0 Å². The Kier molecular flexibility index (Phi) is 8.69. The number of rotatable bonds is 5. The van der Waals surface area contributed by atoms with Gasteiger partial charge in [-0.25, -0.2) is 4.79 Å². The molecule has 8 nitrogen and oxygen atoms in total. The normalized spacial score (nSPS) is 17.9. The summed E-state index contributed by atoms with van der Waals surface area (Å²) >= 11 is 12.2. The SMILES string of the molecule is CC(C)NC(=O)c1ccc2c(c1)N(Cc1ccc(Cl)c(Cl)c1)C(=O)[C@@H](NC(=O)OC(C)(C)C)CS2=O. The molecule has 0 saturated carbocycles. The number of benzene rings is 2. The lowest BCUT2D eigenvalue weighted by Gasteiger charge is -2.27. The fraction of sp³-hybridized carbons (Fsp3) is 0.400. The summed E-state index contributed by atoms with van der Waals surface area (Å²) in [6.45, 7) is 8.83. The number of nitrogens with zero attached hydrogens (tertiary/aromatic N) is 1. The number of fused-ring (bicyclic) bond motifs is 1. The Labute approximate surface area is 223 Å². The Hall–Kier alpha value is -2.62. The van der Waals surface area contributed by atoms with E-state index in [9.17, 15) is 18.6 Å². The van der Waals surface area contributed by atoms with Crippen molar-refractivity contribution >= 4 is 57.6 Å². The molecular formula is C25H29Cl2N3O5S. The molecule has 2 atom stereocenters. The molecule has 2 aromatic carbocycles. The van der Waals surface area contributed by atoms with Gasteiger partial charge in [0.25, 0.3) is 11.8 Å². The van der Waals surface area contributed by atoms with Crippen molar-refractivity contribution in [2.45, 2.75) is 63.7 Å². The number of ether oxygens (including phenoxy) is 1.